The Labute approximate surface area is 112 Å². The summed E-state index contributed by atoms with van der Waals surface area (Å²) < 4.78 is 6.14. The molecular formula is C15H30N2O. The third kappa shape index (κ3) is 3.46. The molecule has 0 bridgehead atoms. The molecule has 2 unspecified atom stereocenters. The van der Waals surface area contributed by atoms with Gasteiger partial charge in [0, 0.05) is 24.4 Å². The predicted molar refractivity (Wildman–Crippen MR) is 75.6 cm³/mol. The van der Waals surface area contributed by atoms with Gasteiger partial charge in [0.25, 0.3) is 0 Å². The van der Waals surface area contributed by atoms with Gasteiger partial charge in [-0.25, -0.2) is 0 Å². The van der Waals surface area contributed by atoms with Crippen molar-refractivity contribution in [2.24, 2.45) is 5.41 Å². The van der Waals surface area contributed by atoms with Gasteiger partial charge >= 0.3 is 0 Å². The van der Waals surface area contributed by atoms with E-state index in [4.69, 9.17) is 4.74 Å². The zero-order chi connectivity index (χ0) is 13.2. The van der Waals surface area contributed by atoms with Crippen LogP contribution in [0.5, 0.6) is 0 Å². The smallest absolute Gasteiger partial charge is 0.117 e. The maximum Gasteiger partial charge on any atom is 0.117 e. The molecule has 0 aromatic carbocycles. The molecule has 0 aromatic rings. The highest BCUT2D eigenvalue weighted by atomic mass is 16.5. The van der Waals surface area contributed by atoms with Crippen molar-refractivity contribution in [2.75, 3.05) is 26.2 Å². The van der Waals surface area contributed by atoms with Crippen LogP contribution in [0, 0.1) is 5.41 Å². The van der Waals surface area contributed by atoms with Crippen molar-refractivity contribution in [3.63, 3.8) is 0 Å². The SMILES string of the molecule is CCN1CCCCC1CC1(C)NCC(C)(C)CO1. The van der Waals surface area contributed by atoms with Crippen molar-refractivity contribution >= 4 is 0 Å². The quantitative estimate of drug-likeness (QED) is 0.838. The van der Waals surface area contributed by atoms with E-state index in [-0.39, 0.29) is 11.1 Å². The molecule has 2 rings (SSSR count). The fraction of sp³-hybridized carbons (Fsp3) is 1.00. The summed E-state index contributed by atoms with van der Waals surface area (Å²) in [5, 5.41) is 3.63. The van der Waals surface area contributed by atoms with Gasteiger partial charge in [-0.1, -0.05) is 27.2 Å². The van der Waals surface area contributed by atoms with Crippen LogP contribution in [0.2, 0.25) is 0 Å². The van der Waals surface area contributed by atoms with Gasteiger partial charge in [0.1, 0.15) is 5.72 Å². The molecule has 2 aliphatic heterocycles. The van der Waals surface area contributed by atoms with Crippen LogP contribution in [0.1, 0.15) is 53.4 Å². The lowest BCUT2D eigenvalue weighted by Crippen LogP contribution is -2.58. The molecule has 3 heteroatoms. The van der Waals surface area contributed by atoms with Crippen LogP contribution in [-0.2, 0) is 4.74 Å². The number of hydrogen-bond acceptors (Lipinski definition) is 3. The second kappa shape index (κ2) is 5.48. The number of piperidine rings is 1. The van der Waals surface area contributed by atoms with E-state index in [0.717, 1.165) is 19.6 Å². The number of hydrogen-bond donors (Lipinski definition) is 1. The van der Waals surface area contributed by atoms with Crippen molar-refractivity contribution in [2.45, 2.75) is 65.1 Å². The first-order valence-electron chi connectivity index (χ1n) is 7.57. The lowest BCUT2D eigenvalue weighted by Gasteiger charge is -2.46. The highest BCUT2D eigenvalue weighted by Crippen LogP contribution is 2.30. The Hall–Kier alpha value is -0.120. The molecule has 18 heavy (non-hydrogen) atoms. The first-order chi connectivity index (χ1) is 8.44. The standard InChI is InChI=1S/C15H30N2O/c1-5-17-9-7-6-8-13(17)10-15(4)16-11-14(2,3)12-18-15/h13,16H,5-12H2,1-4H3. The zero-order valence-electron chi connectivity index (χ0n) is 12.6. The average Bonchev–Trinajstić information content (AvgIpc) is 2.34. The van der Waals surface area contributed by atoms with E-state index < -0.39 is 0 Å². The molecule has 1 N–H and O–H groups in total. The van der Waals surface area contributed by atoms with Gasteiger partial charge in [0.05, 0.1) is 6.61 Å². The molecule has 2 heterocycles. The van der Waals surface area contributed by atoms with Gasteiger partial charge in [0.2, 0.25) is 0 Å². The van der Waals surface area contributed by atoms with Gasteiger partial charge in [-0.3, -0.25) is 5.32 Å². The Bertz CT molecular complexity index is 268. The van der Waals surface area contributed by atoms with E-state index in [0.29, 0.717) is 6.04 Å². The fourth-order valence-electron chi connectivity index (χ4n) is 3.17. The Morgan fingerprint density at radius 1 is 1.28 bits per heavy atom. The lowest BCUT2D eigenvalue weighted by atomic mass is 9.89. The van der Waals surface area contributed by atoms with Gasteiger partial charge in [0.15, 0.2) is 0 Å². The molecular weight excluding hydrogens is 224 g/mol. The summed E-state index contributed by atoms with van der Waals surface area (Å²) in [5.41, 5.74) is 0.154. The second-order valence-corrected chi connectivity index (χ2v) is 7.02. The third-order valence-electron chi connectivity index (χ3n) is 4.50. The summed E-state index contributed by atoms with van der Waals surface area (Å²) >= 11 is 0. The molecule has 0 aliphatic carbocycles. The molecule has 0 spiro atoms. The first-order valence-corrected chi connectivity index (χ1v) is 7.57. The summed E-state index contributed by atoms with van der Waals surface area (Å²) in [4.78, 5) is 2.62. The number of rotatable bonds is 3. The van der Waals surface area contributed by atoms with Crippen LogP contribution in [0.4, 0.5) is 0 Å². The van der Waals surface area contributed by atoms with Crippen molar-refractivity contribution in [1.82, 2.24) is 10.2 Å². The van der Waals surface area contributed by atoms with E-state index in [1.165, 1.54) is 32.4 Å². The van der Waals surface area contributed by atoms with Crippen molar-refractivity contribution in [1.29, 1.82) is 0 Å². The van der Waals surface area contributed by atoms with E-state index in [2.05, 4.69) is 37.9 Å². The summed E-state index contributed by atoms with van der Waals surface area (Å²) in [6.07, 6.45) is 5.19. The van der Waals surface area contributed by atoms with Gasteiger partial charge in [-0.05, 0) is 32.9 Å². The van der Waals surface area contributed by atoms with E-state index in [1.807, 2.05) is 0 Å². The van der Waals surface area contributed by atoms with Crippen molar-refractivity contribution in [3.05, 3.63) is 0 Å². The number of nitrogens with one attached hydrogen (secondary N) is 1. The molecule has 0 amide bonds. The summed E-state index contributed by atoms with van der Waals surface area (Å²) in [6, 6.07) is 0.697. The lowest BCUT2D eigenvalue weighted by molar-refractivity contribution is -0.140. The molecule has 0 radical (unpaired) electrons. The predicted octanol–water partition coefficient (Wildman–Crippen LogP) is 2.61. The minimum absolute atomic E-state index is 0.120. The normalized spacial score (nSPS) is 37.7. The molecule has 2 saturated heterocycles. The van der Waals surface area contributed by atoms with Gasteiger partial charge < -0.3 is 9.64 Å². The number of ether oxygens (including phenoxy) is 1. The highest BCUT2D eigenvalue weighted by Gasteiger charge is 2.38. The largest absolute Gasteiger partial charge is 0.360 e. The zero-order valence-corrected chi connectivity index (χ0v) is 12.6. The maximum absolute atomic E-state index is 6.14. The van der Waals surface area contributed by atoms with Crippen molar-refractivity contribution < 1.29 is 4.74 Å². The van der Waals surface area contributed by atoms with Crippen LogP contribution in [0.25, 0.3) is 0 Å². The van der Waals surface area contributed by atoms with Crippen LogP contribution in [-0.4, -0.2) is 42.9 Å². The molecule has 106 valence electrons. The van der Waals surface area contributed by atoms with E-state index in [1.54, 1.807) is 0 Å². The third-order valence-corrected chi connectivity index (χ3v) is 4.50. The molecule has 0 saturated carbocycles. The summed E-state index contributed by atoms with van der Waals surface area (Å²) in [7, 11) is 0. The second-order valence-electron chi connectivity index (χ2n) is 7.02. The van der Waals surface area contributed by atoms with E-state index >= 15 is 0 Å². The van der Waals surface area contributed by atoms with Gasteiger partial charge in [-0.15, -0.1) is 0 Å². The number of likely N-dealkylation sites (tertiary alicyclic amines) is 1. The first kappa shape index (κ1) is 14.3. The monoisotopic (exact) mass is 254 g/mol. The minimum atomic E-state index is -0.120. The van der Waals surface area contributed by atoms with E-state index in [9.17, 15) is 0 Å². The van der Waals surface area contributed by atoms with Crippen LogP contribution >= 0.6 is 0 Å². The fourth-order valence-corrected chi connectivity index (χ4v) is 3.17. The molecule has 2 fully saturated rings. The van der Waals surface area contributed by atoms with Gasteiger partial charge in [-0.2, -0.15) is 0 Å². The van der Waals surface area contributed by atoms with Crippen LogP contribution in [0.3, 0.4) is 0 Å². The number of nitrogens with zero attached hydrogens (tertiary/aromatic N) is 1. The maximum atomic E-state index is 6.14. The Kier molecular flexibility index (Phi) is 4.35. The summed E-state index contributed by atoms with van der Waals surface area (Å²) in [6.45, 7) is 13.4. The van der Waals surface area contributed by atoms with Crippen LogP contribution < -0.4 is 5.32 Å². The molecule has 2 atom stereocenters. The Morgan fingerprint density at radius 3 is 2.67 bits per heavy atom. The molecule has 2 aliphatic rings. The molecule has 0 aromatic heterocycles. The molecule has 3 nitrogen and oxygen atoms in total. The van der Waals surface area contributed by atoms with Crippen molar-refractivity contribution in [3.8, 4) is 0 Å². The summed E-state index contributed by atoms with van der Waals surface area (Å²) in [5.74, 6) is 0. The van der Waals surface area contributed by atoms with Crippen LogP contribution in [0.15, 0.2) is 0 Å². The highest BCUT2D eigenvalue weighted by molar-refractivity contribution is 4.89. The Balaban J connectivity index is 1.91. The minimum Gasteiger partial charge on any atom is -0.360 e. The topological polar surface area (TPSA) is 24.5 Å². The average molecular weight is 254 g/mol. The Morgan fingerprint density at radius 2 is 2.06 bits per heavy atom.